The first-order valence-electron chi connectivity index (χ1n) is 12.5. The maximum Gasteiger partial charge on any atom is 0.311 e. The first-order valence-corrected chi connectivity index (χ1v) is 13.3. The lowest BCUT2D eigenvalue weighted by Gasteiger charge is -2.35. The van der Waals surface area contributed by atoms with E-state index in [4.69, 9.17) is 9.84 Å². The molecule has 2 unspecified atom stereocenters. The number of amides is 2. The molecule has 2 N–H and O–H groups in total. The average molecular weight is 467 g/mol. The quantitative estimate of drug-likeness (QED) is 0.401. The normalized spacial score (nSPS) is 36.4. The van der Waals surface area contributed by atoms with Crippen LogP contribution in [0.3, 0.4) is 0 Å². The number of aliphatic hydroxyl groups excluding tert-OH is 1. The van der Waals surface area contributed by atoms with E-state index in [1.165, 1.54) is 6.42 Å². The van der Waals surface area contributed by atoms with Crippen molar-refractivity contribution >= 4 is 29.5 Å². The lowest BCUT2D eigenvalue weighted by molar-refractivity contribution is -0.155. The number of hydrogen-bond donors (Lipinski definition) is 2. The van der Waals surface area contributed by atoms with Gasteiger partial charge in [-0.3, -0.25) is 14.4 Å². The van der Waals surface area contributed by atoms with Crippen molar-refractivity contribution in [1.82, 2.24) is 10.2 Å². The Bertz CT molecular complexity index is 742. The highest BCUT2D eigenvalue weighted by molar-refractivity contribution is 8.02. The molecule has 1 saturated carbocycles. The van der Waals surface area contributed by atoms with E-state index in [1.54, 1.807) is 23.6 Å². The van der Waals surface area contributed by atoms with Crippen LogP contribution in [0.25, 0.3) is 0 Å². The van der Waals surface area contributed by atoms with Crippen molar-refractivity contribution in [2.24, 2.45) is 11.8 Å². The molecular weight excluding hydrogens is 428 g/mol. The highest BCUT2D eigenvalue weighted by Gasteiger charge is 2.77. The molecule has 8 heteroatoms. The molecule has 0 aromatic heterocycles. The van der Waals surface area contributed by atoms with Crippen LogP contribution < -0.4 is 5.32 Å². The van der Waals surface area contributed by atoms with Gasteiger partial charge in [-0.25, -0.2) is 0 Å². The molecule has 1 spiro atoms. The molecule has 4 rings (SSSR count). The van der Waals surface area contributed by atoms with Gasteiger partial charge in [0.25, 0.3) is 0 Å². The SMILES string of the molecule is CCOC(=O)[C@@H]1[C@H]2C(=O)N(CCCCCO)C(C(=O)NC3CCCCC3)C23CC[C@@]1(C)S3. The zero-order valence-electron chi connectivity index (χ0n) is 19.4. The van der Waals surface area contributed by atoms with Gasteiger partial charge in [0.2, 0.25) is 11.8 Å². The number of nitrogens with zero attached hydrogens (tertiary/aromatic N) is 1. The second-order valence-corrected chi connectivity index (χ2v) is 12.0. The molecule has 32 heavy (non-hydrogen) atoms. The van der Waals surface area contributed by atoms with Crippen LogP contribution >= 0.6 is 11.8 Å². The predicted molar refractivity (Wildman–Crippen MR) is 123 cm³/mol. The number of carbonyl (C=O) groups is 3. The summed E-state index contributed by atoms with van der Waals surface area (Å²) in [5.74, 6) is -1.40. The van der Waals surface area contributed by atoms with E-state index in [1.807, 2.05) is 0 Å². The fourth-order valence-electron chi connectivity index (χ4n) is 6.65. The van der Waals surface area contributed by atoms with Crippen molar-refractivity contribution in [3.8, 4) is 0 Å². The van der Waals surface area contributed by atoms with E-state index in [0.717, 1.165) is 51.4 Å². The van der Waals surface area contributed by atoms with Gasteiger partial charge in [0.05, 0.1) is 23.2 Å². The number of likely N-dealkylation sites (tertiary alicyclic amines) is 1. The van der Waals surface area contributed by atoms with Gasteiger partial charge in [-0.05, 0) is 58.8 Å². The number of ether oxygens (including phenoxy) is 1. The lowest BCUT2D eigenvalue weighted by Crippen LogP contribution is -2.55. The molecule has 2 amide bonds. The summed E-state index contributed by atoms with van der Waals surface area (Å²) in [7, 11) is 0. The molecular formula is C24H38N2O5S. The first-order chi connectivity index (χ1) is 15.4. The molecule has 3 saturated heterocycles. The molecule has 4 fully saturated rings. The van der Waals surface area contributed by atoms with Gasteiger partial charge in [-0.1, -0.05) is 19.3 Å². The van der Waals surface area contributed by atoms with Gasteiger partial charge >= 0.3 is 5.97 Å². The van der Waals surface area contributed by atoms with E-state index in [2.05, 4.69) is 12.2 Å². The number of unbranched alkanes of at least 4 members (excludes halogenated alkanes) is 2. The van der Waals surface area contributed by atoms with E-state index in [9.17, 15) is 14.4 Å². The Kier molecular flexibility index (Phi) is 7.11. The summed E-state index contributed by atoms with van der Waals surface area (Å²) in [6.07, 6.45) is 9.30. The highest BCUT2D eigenvalue weighted by Crippen LogP contribution is 2.71. The summed E-state index contributed by atoms with van der Waals surface area (Å²) in [6, 6.07) is -0.361. The highest BCUT2D eigenvalue weighted by atomic mass is 32.2. The fraction of sp³-hybridized carbons (Fsp3) is 0.875. The molecule has 2 bridgehead atoms. The van der Waals surface area contributed by atoms with Crippen LogP contribution in [0.2, 0.25) is 0 Å². The third-order valence-electron chi connectivity index (χ3n) is 8.07. The number of nitrogens with one attached hydrogen (secondary N) is 1. The molecule has 4 aliphatic rings. The van der Waals surface area contributed by atoms with Gasteiger partial charge in [-0.15, -0.1) is 11.8 Å². The van der Waals surface area contributed by atoms with E-state index in [0.29, 0.717) is 19.6 Å². The molecule has 3 heterocycles. The number of thioether (sulfide) groups is 1. The summed E-state index contributed by atoms with van der Waals surface area (Å²) in [4.78, 5) is 42.3. The van der Waals surface area contributed by atoms with Crippen LogP contribution in [0.4, 0.5) is 0 Å². The third-order valence-corrected chi connectivity index (χ3v) is 10.1. The number of carbonyl (C=O) groups excluding carboxylic acids is 3. The third kappa shape index (κ3) is 3.95. The van der Waals surface area contributed by atoms with Gasteiger partial charge in [0.1, 0.15) is 6.04 Å². The number of hydrogen-bond acceptors (Lipinski definition) is 6. The standard InChI is InChI=1S/C24H38N2O5S/c1-3-31-22(30)18-17-21(29)26(14-8-5-9-15-27)19(24(17)13-12-23(18,2)32-24)20(28)25-16-10-6-4-7-11-16/h16-19,27H,3-15H2,1-2H3,(H,25,28)/t17-,18-,19?,23+,24?/m0/s1. The van der Waals surface area contributed by atoms with Crippen molar-refractivity contribution in [3.05, 3.63) is 0 Å². The minimum absolute atomic E-state index is 0.0452. The number of fused-ring (bicyclic) bond motifs is 1. The molecule has 5 atom stereocenters. The van der Waals surface area contributed by atoms with Gasteiger partial charge in [0, 0.05) is 23.9 Å². The van der Waals surface area contributed by atoms with E-state index in [-0.39, 0.29) is 35.2 Å². The van der Waals surface area contributed by atoms with Crippen LogP contribution in [0.1, 0.15) is 78.1 Å². The van der Waals surface area contributed by atoms with Crippen molar-refractivity contribution in [2.75, 3.05) is 19.8 Å². The predicted octanol–water partition coefficient (Wildman–Crippen LogP) is 2.64. The van der Waals surface area contributed by atoms with Crippen molar-refractivity contribution in [2.45, 2.75) is 99.6 Å². The monoisotopic (exact) mass is 466 g/mol. The number of aliphatic hydroxyl groups is 1. The first kappa shape index (κ1) is 23.9. The lowest BCUT2D eigenvalue weighted by atomic mass is 9.66. The van der Waals surface area contributed by atoms with Crippen molar-refractivity contribution < 1.29 is 24.2 Å². The molecule has 3 aliphatic heterocycles. The van der Waals surface area contributed by atoms with E-state index < -0.39 is 22.6 Å². The number of esters is 1. The van der Waals surface area contributed by atoms with Gasteiger partial charge in [0.15, 0.2) is 0 Å². The maximum atomic E-state index is 13.8. The van der Waals surface area contributed by atoms with Crippen molar-refractivity contribution in [3.63, 3.8) is 0 Å². The fourth-order valence-corrected chi connectivity index (χ4v) is 9.00. The summed E-state index contributed by atoms with van der Waals surface area (Å²) in [5, 5.41) is 12.4. The average Bonchev–Trinajstić information content (AvgIpc) is 3.33. The van der Waals surface area contributed by atoms with Crippen LogP contribution in [0.15, 0.2) is 0 Å². The molecule has 1 aliphatic carbocycles. The summed E-state index contributed by atoms with van der Waals surface area (Å²) < 4.78 is 4.49. The zero-order valence-corrected chi connectivity index (χ0v) is 20.3. The Morgan fingerprint density at radius 3 is 2.62 bits per heavy atom. The minimum Gasteiger partial charge on any atom is -0.466 e. The second kappa shape index (κ2) is 9.53. The maximum absolute atomic E-state index is 13.8. The molecule has 0 aromatic rings. The smallest absolute Gasteiger partial charge is 0.311 e. The van der Waals surface area contributed by atoms with Crippen LogP contribution in [-0.2, 0) is 19.1 Å². The summed E-state index contributed by atoms with van der Waals surface area (Å²) >= 11 is 1.70. The Labute approximate surface area is 195 Å². The topological polar surface area (TPSA) is 95.9 Å². The van der Waals surface area contributed by atoms with Crippen LogP contribution in [0.5, 0.6) is 0 Å². The van der Waals surface area contributed by atoms with Gasteiger partial charge in [-0.2, -0.15) is 0 Å². The van der Waals surface area contributed by atoms with E-state index >= 15 is 0 Å². The summed E-state index contributed by atoms with van der Waals surface area (Å²) in [6.45, 7) is 4.78. The Hall–Kier alpha value is -1.28. The molecule has 7 nitrogen and oxygen atoms in total. The molecule has 0 aromatic carbocycles. The Morgan fingerprint density at radius 2 is 1.94 bits per heavy atom. The Morgan fingerprint density at radius 1 is 1.19 bits per heavy atom. The molecule has 0 radical (unpaired) electrons. The van der Waals surface area contributed by atoms with Gasteiger partial charge < -0.3 is 20.1 Å². The Balaban J connectivity index is 1.62. The largest absolute Gasteiger partial charge is 0.466 e. The summed E-state index contributed by atoms with van der Waals surface area (Å²) in [5.41, 5.74) is 0. The second-order valence-electron chi connectivity index (χ2n) is 10.1. The van der Waals surface area contributed by atoms with Crippen LogP contribution in [-0.4, -0.2) is 69.1 Å². The number of rotatable bonds is 9. The van der Waals surface area contributed by atoms with Crippen molar-refractivity contribution in [1.29, 1.82) is 0 Å². The minimum atomic E-state index is -0.557. The van der Waals surface area contributed by atoms with Crippen LogP contribution in [0, 0.1) is 11.8 Å². The molecule has 180 valence electrons. The zero-order chi connectivity index (χ0) is 22.9.